The van der Waals surface area contributed by atoms with Gasteiger partial charge in [0.15, 0.2) is 0 Å². The number of anilines is 1. The highest BCUT2D eigenvalue weighted by Crippen LogP contribution is 2.36. The van der Waals surface area contributed by atoms with Gasteiger partial charge >= 0.3 is 0 Å². The molecule has 180 valence electrons. The van der Waals surface area contributed by atoms with Gasteiger partial charge in [0.05, 0.1) is 31.2 Å². The SMILES string of the molecule is CN(C)S(=O)(=O)c1ccccc1S(=O)c1ccccc1N1CCC(c2ccc(Cl)cc2F)CC1. The summed E-state index contributed by atoms with van der Waals surface area (Å²) in [4.78, 5) is 2.98. The first-order valence-electron chi connectivity index (χ1n) is 10.9. The molecular formula is C25H26ClFN2O3S2. The first-order valence-corrected chi connectivity index (χ1v) is 13.9. The van der Waals surface area contributed by atoms with Gasteiger partial charge in [0, 0.05) is 32.2 Å². The Labute approximate surface area is 207 Å². The highest BCUT2D eigenvalue weighted by molar-refractivity contribution is 7.90. The number of benzene rings is 3. The van der Waals surface area contributed by atoms with Crippen LogP contribution in [0.4, 0.5) is 10.1 Å². The van der Waals surface area contributed by atoms with Crippen molar-refractivity contribution in [1.82, 2.24) is 4.31 Å². The standard InChI is InChI=1S/C25H26ClFN2O3S2/c1-28(2)34(31,32)25-10-6-5-9-24(25)33(30)23-8-4-3-7-22(23)29-15-13-18(14-16-29)20-12-11-19(26)17-21(20)27/h3-12,17-18H,13-16H2,1-2H3. The summed E-state index contributed by atoms with van der Waals surface area (Å²) in [6, 6.07) is 18.6. The fourth-order valence-corrected chi connectivity index (χ4v) is 7.22. The van der Waals surface area contributed by atoms with Crippen LogP contribution in [0, 0.1) is 5.82 Å². The predicted octanol–water partition coefficient (Wildman–Crippen LogP) is 5.28. The number of sulfonamides is 1. The van der Waals surface area contributed by atoms with E-state index in [4.69, 9.17) is 11.6 Å². The van der Waals surface area contributed by atoms with Crippen molar-refractivity contribution >= 4 is 38.1 Å². The molecule has 0 N–H and O–H groups in total. The van der Waals surface area contributed by atoms with E-state index < -0.39 is 20.8 Å². The molecule has 0 bridgehead atoms. The minimum atomic E-state index is -3.76. The molecule has 1 aliphatic rings. The van der Waals surface area contributed by atoms with Crippen LogP contribution in [0.5, 0.6) is 0 Å². The predicted molar refractivity (Wildman–Crippen MR) is 134 cm³/mol. The molecule has 1 unspecified atom stereocenters. The van der Waals surface area contributed by atoms with Crippen molar-refractivity contribution in [2.45, 2.75) is 33.4 Å². The lowest BCUT2D eigenvalue weighted by Gasteiger charge is -2.35. The van der Waals surface area contributed by atoms with Crippen LogP contribution in [0.15, 0.2) is 81.4 Å². The molecule has 0 aliphatic carbocycles. The quantitative estimate of drug-likeness (QED) is 0.443. The van der Waals surface area contributed by atoms with E-state index in [-0.39, 0.29) is 21.5 Å². The van der Waals surface area contributed by atoms with E-state index in [0.29, 0.717) is 28.6 Å². The Morgan fingerprint density at radius 1 is 0.971 bits per heavy atom. The number of piperidine rings is 1. The molecule has 1 fully saturated rings. The minimum absolute atomic E-state index is 0.0325. The van der Waals surface area contributed by atoms with E-state index in [1.54, 1.807) is 42.5 Å². The average Bonchev–Trinajstić information content (AvgIpc) is 2.84. The van der Waals surface area contributed by atoms with E-state index in [0.717, 1.165) is 22.8 Å². The number of nitrogens with zero attached hydrogens (tertiary/aromatic N) is 2. The van der Waals surface area contributed by atoms with Gasteiger partial charge in [-0.1, -0.05) is 41.9 Å². The van der Waals surface area contributed by atoms with Gasteiger partial charge in [-0.25, -0.2) is 21.3 Å². The maximum Gasteiger partial charge on any atom is 0.243 e. The fourth-order valence-electron chi connectivity index (χ4n) is 4.27. The third-order valence-electron chi connectivity index (χ3n) is 6.11. The number of hydrogen-bond donors (Lipinski definition) is 0. The Balaban J connectivity index is 1.61. The van der Waals surface area contributed by atoms with Crippen LogP contribution in [-0.2, 0) is 20.8 Å². The number of para-hydroxylation sites is 1. The summed E-state index contributed by atoms with van der Waals surface area (Å²) in [6.07, 6.45) is 1.48. The molecule has 1 saturated heterocycles. The Kier molecular flexibility index (Phi) is 7.42. The largest absolute Gasteiger partial charge is 0.371 e. The maximum atomic E-state index is 14.4. The van der Waals surface area contributed by atoms with Gasteiger partial charge in [0.2, 0.25) is 10.0 Å². The molecule has 1 heterocycles. The third-order valence-corrected chi connectivity index (χ3v) is 9.85. The molecule has 34 heavy (non-hydrogen) atoms. The van der Waals surface area contributed by atoms with Crippen LogP contribution in [0.1, 0.15) is 24.3 Å². The Hall–Kier alpha value is -2.26. The van der Waals surface area contributed by atoms with E-state index in [1.807, 2.05) is 12.1 Å². The summed E-state index contributed by atoms with van der Waals surface area (Å²) in [5.74, 6) is -0.205. The summed E-state index contributed by atoms with van der Waals surface area (Å²) >= 11 is 5.90. The maximum absolute atomic E-state index is 14.4. The second-order valence-electron chi connectivity index (χ2n) is 8.40. The molecular weight excluding hydrogens is 495 g/mol. The second kappa shape index (κ2) is 10.2. The Morgan fingerprint density at radius 2 is 1.59 bits per heavy atom. The first kappa shape index (κ1) is 24.9. The van der Waals surface area contributed by atoms with Gasteiger partial charge in [0.1, 0.15) is 5.82 Å². The van der Waals surface area contributed by atoms with Gasteiger partial charge in [-0.05, 0) is 60.7 Å². The average molecular weight is 521 g/mol. The van der Waals surface area contributed by atoms with Gasteiger partial charge in [0.25, 0.3) is 0 Å². The molecule has 0 aromatic heterocycles. The van der Waals surface area contributed by atoms with Gasteiger partial charge < -0.3 is 4.90 Å². The van der Waals surface area contributed by atoms with E-state index in [2.05, 4.69) is 4.90 Å². The van der Waals surface area contributed by atoms with Crippen molar-refractivity contribution in [3.8, 4) is 0 Å². The van der Waals surface area contributed by atoms with Crippen LogP contribution < -0.4 is 4.90 Å². The lowest BCUT2D eigenvalue weighted by molar-refractivity contribution is 0.480. The highest BCUT2D eigenvalue weighted by atomic mass is 35.5. The molecule has 1 aliphatic heterocycles. The van der Waals surface area contributed by atoms with Crippen LogP contribution in [-0.4, -0.2) is 44.1 Å². The number of halogens is 2. The van der Waals surface area contributed by atoms with Crippen molar-refractivity contribution in [1.29, 1.82) is 0 Å². The van der Waals surface area contributed by atoms with Crippen LogP contribution in [0.25, 0.3) is 0 Å². The van der Waals surface area contributed by atoms with Crippen molar-refractivity contribution in [2.24, 2.45) is 0 Å². The zero-order valence-electron chi connectivity index (χ0n) is 18.9. The normalized spacial score (nSPS) is 16.1. The smallest absolute Gasteiger partial charge is 0.243 e. The zero-order chi connectivity index (χ0) is 24.5. The monoisotopic (exact) mass is 520 g/mol. The lowest BCUT2D eigenvalue weighted by atomic mass is 9.89. The van der Waals surface area contributed by atoms with E-state index in [1.165, 1.54) is 26.2 Å². The van der Waals surface area contributed by atoms with Gasteiger partial charge in [-0.2, -0.15) is 0 Å². The molecule has 0 spiro atoms. The fraction of sp³-hybridized carbons (Fsp3) is 0.280. The molecule has 3 aromatic carbocycles. The van der Waals surface area contributed by atoms with Crippen molar-refractivity contribution in [3.63, 3.8) is 0 Å². The van der Waals surface area contributed by atoms with Crippen LogP contribution in [0.3, 0.4) is 0 Å². The van der Waals surface area contributed by atoms with E-state index >= 15 is 0 Å². The summed E-state index contributed by atoms with van der Waals surface area (Å²) < 4.78 is 54.9. The van der Waals surface area contributed by atoms with Gasteiger partial charge in [-0.3, -0.25) is 0 Å². The molecule has 0 radical (unpaired) electrons. The van der Waals surface area contributed by atoms with Crippen LogP contribution >= 0.6 is 11.6 Å². The van der Waals surface area contributed by atoms with Crippen molar-refractivity contribution in [3.05, 3.63) is 83.1 Å². The molecule has 0 saturated carbocycles. The topological polar surface area (TPSA) is 57.7 Å². The van der Waals surface area contributed by atoms with Crippen molar-refractivity contribution < 1.29 is 17.0 Å². The van der Waals surface area contributed by atoms with E-state index in [9.17, 15) is 17.0 Å². The third kappa shape index (κ3) is 4.91. The Morgan fingerprint density at radius 3 is 2.24 bits per heavy atom. The summed E-state index contributed by atoms with van der Waals surface area (Å²) in [5.41, 5.74) is 1.47. The van der Waals surface area contributed by atoms with Crippen molar-refractivity contribution in [2.75, 3.05) is 32.1 Å². The molecule has 0 amide bonds. The zero-order valence-corrected chi connectivity index (χ0v) is 21.3. The highest BCUT2D eigenvalue weighted by Gasteiger charge is 2.28. The van der Waals surface area contributed by atoms with Crippen LogP contribution in [0.2, 0.25) is 5.02 Å². The molecule has 4 rings (SSSR count). The molecule has 5 nitrogen and oxygen atoms in total. The Bertz CT molecular complexity index is 1320. The lowest BCUT2D eigenvalue weighted by Crippen LogP contribution is -2.33. The molecule has 1 atom stereocenters. The number of rotatable bonds is 6. The first-order chi connectivity index (χ1) is 16.2. The molecule has 3 aromatic rings. The number of hydrogen-bond acceptors (Lipinski definition) is 4. The second-order valence-corrected chi connectivity index (χ2v) is 12.4. The minimum Gasteiger partial charge on any atom is -0.371 e. The summed E-state index contributed by atoms with van der Waals surface area (Å²) in [7, 11) is -2.56. The summed E-state index contributed by atoms with van der Waals surface area (Å²) in [5, 5.41) is 0.381. The van der Waals surface area contributed by atoms with Gasteiger partial charge in [-0.15, -0.1) is 0 Å². The molecule has 9 heteroatoms. The summed E-state index contributed by atoms with van der Waals surface area (Å²) in [6.45, 7) is 1.33.